The van der Waals surface area contributed by atoms with E-state index in [0.717, 1.165) is 28.2 Å². The molecule has 1 aliphatic rings. The average Bonchev–Trinajstić information content (AvgIpc) is 2.78. The van der Waals surface area contributed by atoms with Gasteiger partial charge in [-0.2, -0.15) is 12.7 Å². The van der Waals surface area contributed by atoms with Crippen molar-refractivity contribution in [3.05, 3.63) is 65.5 Å². The Morgan fingerprint density at radius 1 is 1.00 bits per heavy atom. The topological polar surface area (TPSA) is 64.2 Å². The Labute approximate surface area is 183 Å². The highest BCUT2D eigenvalue weighted by Gasteiger charge is 2.27. The standard InChI is InChI=1S/C22H29FN4O3S/c1-4-25-13-15-26(16-14-25)22(28)19-11-9-18(10-12-19)17-27(31(29,30)24(2)3)21-8-6-5-7-20(21)23/h5-12H,4,13-17H2,1-3H3. The van der Waals surface area contributed by atoms with Gasteiger partial charge in [0.1, 0.15) is 5.82 Å². The number of nitrogens with zero attached hydrogens (tertiary/aromatic N) is 4. The molecule has 168 valence electrons. The zero-order chi connectivity index (χ0) is 22.6. The van der Waals surface area contributed by atoms with Crippen molar-refractivity contribution in [3.63, 3.8) is 0 Å². The third-order valence-electron chi connectivity index (χ3n) is 5.49. The highest BCUT2D eigenvalue weighted by molar-refractivity contribution is 7.90. The van der Waals surface area contributed by atoms with Crippen molar-refractivity contribution in [2.75, 3.05) is 51.1 Å². The van der Waals surface area contributed by atoms with Crippen LogP contribution in [0.15, 0.2) is 48.5 Å². The molecule has 0 radical (unpaired) electrons. The zero-order valence-electron chi connectivity index (χ0n) is 18.2. The highest BCUT2D eigenvalue weighted by atomic mass is 32.2. The molecule has 3 rings (SSSR count). The van der Waals surface area contributed by atoms with Crippen molar-refractivity contribution < 1.29 is 17.6 Å². The molecule has 0 spiro atoms. The lowest BCUT2D eigenvalue weighted by atomic mass is 10.1. The van der Waals surface area contributed by atoms with Crippen LogP contribution in [-0.2, 0) is 16.8 Å². The second-order valence-electron chi connectivity index (χ2n) is 7.67. The number of carbonyl (C=O) groups is 1. The molecule has 0 aliphatic carbocycles. The summed E-state index contributed by atoms with van der Waals surface area (Å²) >= 11 is 0. The van der Waals surface area contributed by atoms with Gasteiger partial charge in [0.2, 0.25) is 0 Å². The molecule has 1 saturated heterocycles. The van der Waals surface area contributed by atoms with Crippen molar-refractivity contribution >= 4 is 21.8 Å². The second-order valence-corrected chi connectivity index (χ2v) is 9.74. The van der Waals surface area contributed by atoms with E-state index in [9.17, 15) is 17.6 Å². The van der Waals surface area contributed by atoms with Crippen LogP contribution in [0.4, 0.5) is 10.1 Å². The van der Waals surface area contributed by atoms with Crippen molar-refractivity contribution in [3.8, 4) is 0 Å². The maximum atomic E-state index is 14.4. The van der Waals surface area contributed by atoms with Crippen LogP contribution in [0.25, 0.3) is 0 Å². The molecule has 1 heterocycles. The number of hydrogen-bond donors (Lipinski definition) is 0. The van der Waals surface area contributed by atoms with E-state index in [2.05, 4.69) is 11.8 Å². The summed E-state index contributed by atoms with van der Waals surface area (Å²) in [7, 11) is -1.11. The molecule has 2 aromatic rings. The van der Waals surface area contributed by atoms with E-state index >= 15 is 0 Å². The van der Waals surface area contributed by atoms with E-state index < -0.39 is 16.0 Å². The number of carbonyl (C=O) groups excluding carboxylic acids is 1. The van der Waals surface area contributed by atoms with Crippen molar-refractivity contribution in [2.45, 2.75) is 13.5 Å². The lowest BCUT2D eigenvalue weighted by Gasteiger charge is -2.34. The van der Waals surface area contributed by atoms with Gasteiger partial charge in [0, 0.05) is 45.8 Å². The quantitative estimate of drug-likeness (QED) is 0.653. The molecule has 1 aliphatic heterocycles. The molecular formula is C22H29FN4O3S. The normalized spacial score (nSPS) is 15.3. The molecule has 2 aromatic carbocycles. The first kappa shape index (κ1) is 23.2. The second kappa shape index (κ2) is 9.76. The first-order valence-electron chi connectivity index (χ1n) is 10.3. The van der Waals surface area contributed by atoms with E-state index in [4.69, 9.17) is 0 Å². The lowest BCUT2D eigenvalue weighted by Crippen LogP contribution is -2.48. The Morgan fingerprint density at radius 2 is 1.61 bits per heavy atom. The first-order chi connectivity index (χ1) is 14.7. The van der Waals surface area contributed by atoms with Gasteiger partial charge in [-0.25, -0.2) is 4.39 Å². The zero-order valence-corrected chi connectivity index (χ0v) is 19.0. The van der Waals surface area contributed by atoms with Crippen LogP contribution in [0.1, 0.15) is 22.8 Å². The molecule has 9 heteroatoms. The molecular weight excluding hydrogens is 419 g/mol. The number of hydrogen-bond acceptors (Lipinski definition) is 4. The van der Waals surface area contributed by atoms with Gasteiger partial charge in [-0.1, -0.05) is 31.2 Å². The smallest absolute Gasteiger partial charge is 0.303 e. The Hall–Kier alpha value is -2.49. The minimum atomic E-state index is -3.92. The number of piperazine rings is 1. The van der Waals surface area contributed by atoms with E-state index in [1.54, 1.807) is 30.3 Å². The molecule has 0 saturated carbocycles. The number of anilines is 1. The van der Waals surface area contributed by atoms with Crippen LogP contribution in [0.2, 0.25) is 0 Å². The largest absolute Gasteiger partial charge is 0.336 e. The summed E-state index contributed by atoms with van der Waals surface area (Å²) < 4.78 is 42.1. The number of para-hydroxylation sites is 1. The monoisotopic (exact) mass is 448 g/mol. The maximum absolute atomic E-state index is 14.4. The van der Waals surface area contributed by atoms with Crippen molar-refractivity contribution in [1.29, 1.82) is 0 Å². The molecule has 1 amide bonds. The average molecular weight is 449 g/mol. The van der Waals surface area contributed by atoms with E-state index in [0.29, 0.717) is 24.2 Å². The van der Waals surface area contributed by atoms with E-state index in [1.165, 1.54) is 32.3 Å². The highest BCUT2D eigenvalue weighted by Crippen LogP contribution is 2.25. The number of rotatable bonds is 7. The molecule has 0 bridgehead atoms. The van der Waals surface area contributed by atoms with E-state index in [1.807, 2.05) is 4.90 Å². The Kier molecular flexibility index (Phi) is 7.30. The number of amides is 1. The van der Waals surface area contributed by atoms with Gasteiger partial charge >= 0.3 is 10.2 Å². The van der Waals surface area contributed by atoms with Crippen LogP contribution in [0.3, 0.4) is 0 Å². The van der Waals surface area contributed by atoms with Gasteiger partial charge in [0.15, 0.2) is 0 Å². The Morgan fingerprint density at radius 3 is 2.16 bits per heavy atom. The molecule has 0 unspecified atom stereocenters. The summed E-state index contributed by atoms with van der Waals surface area (Å²) in [5.74, 6) is -0.653. The Balaban J connectivity index is 1.79. The van der Waals surface area contributed by atoms with Gasteiger partial charge in [-0.05, 0) is 36.4 Å². The van der Waals surface area contributed by atoms with Gasteiger partial charge in [-0.3, -0.25) is 9.10 Å². The lowest BCUT2D eigenvalue weighted by molar-refractivity contribution is 0.0643. The maximum Gasteiger partial charge on any atom is 0.303 e. The summed E-state index contributed by atoms with van der Waals surface area (Å²) in [6.07, 6.45) is 0. The minimum absolute atomic E-state index is 0.0230. The van der Waals surface area contributed by atoms with E-state index in [-0.39, 0.29) is 18.1 Å². The third kappa shape index (κ3) is 5.23. The van der Waals surface area contributed by atoms with Gasteiger partial charge in [0.05, 0.1) is 12.2 Å². The van der Waals surface area contributed by atoms with Crippen LogP contribution >= 0.6 is 0 Å². The molecule has 0 atom stereocenters. The van der Waals surface area contributed by atoms with Gasteiger partial charge in [0.25, 0.3) is 5.91 Å². The minimum Gasteiger partial charge on any atom is -0.336 e. The summed E-state index contributed by atoms with van der Waals surface area (Å²) in [6, 6.07) is 12.6. The Bertz CT molecular complexity index is 1000. The summed E-state index contributed by atoms with van der Waals surface area (Å²) in [5, 5.41) is 0. The van der Waals surface area contributed by atoms with Gasteiger partial charge in [-0.15, -0.1) is 0 Å². The van der Waals surface area contributed by atoms with Gasteiger partial charge < -0.3 is 9.80 Å². The van der Waals surface area contributed by atoms with Crippen LogP contribution in [0, 0.1) is 5.82 Å². The predicted octanol–water partition coefficient (Wildman–Crippen LogP) is 2.42. The number of halogens is 1. The fraction of sp³-hybridized carbons (Fsp3) is 0.409. The molecule has 0 N–H and O–H groups in total. The third-order valence-corrected chi connectivity index (χ3v) is 7.30. The van der Waals surface area contributed by atoms with Crippen LogP contribution < -0.4 is 4.31 Å². The fourth-order valence-electron chi connectivity index (χ4n) is 3.51. The summed E-state index contributed by atoms with van der Waals surface area (Å²) in [6.45, 7) is 6.14. The van der Waals surface area contributed by atoms with Crippen LogP contribution in [-0.4, -0.2) is 75.2 Å². The molecule has 7 nitrogen and oxygen atoms in total. The summed E-state index contributed by atoms with van der Waals surface area (Å²) in [5.41, 5.74) is 1.19. The number of benzene rings is 2. The fourth-order valence-corrected chi connectivity index (χ4v) is 4.61. The van der Waals surface area contributed by atoms with Crippen molar-refractivity contribution in [1.82, 2.24) is 14.1 Å². The number of likely N-dealkylation sites (N-methyl/N-ethyl adjacent to an activating group) is 1. The molecule has 31 heavy (non-hydrogen) atoms. The SMILES string of the molecule is CCN1CCN(C(=O)c2ccc(CN(c3ccccc3F)S(=O)(=O)N(C)C)cc2)CC1. The first-order valence-corrected chi connectivity index (χ1v) is 11.7. The van der Waals surface area contributed by atoms with Crippen molar-refractivity contribution in [2.24, 2.45) is 0 Å². The predicted molar refractivity (Wildman–Crippen MR) is 120 cm³/mol. The van der Waals surface area contributed by atoms with Crippen LogP contribution in [0.5, 0.6) is 0 Å². The molecule has 1 fully saturated rings. The summed E-state index contributed by atoms with van der Waals surface area (Å²) in [4.78, 5) is 16.9. The molecule has 0 aromatic heterocycles.